The highest BCUT2D eigenvalue weighted by Crippen LogP contribution is 2.40. The summed E-state index contributed by atoms with van der Waals surface area (Å²) in [5.41, 5.74) is -0.0230. The van der Waals surface area contributed by atoms with E-state index in [1.165, 1.54) is 0 Å². The molecule has 3 nitrogen and oxygen atoms in total. The molecule has 15 heavy (non-hydrogen) atoms. The maximum absolute atomic E-state index is 11.9. The molecule has 2 aliphatic rings. The van der Waals surface area contributed by atoms with E-state index < -0.39 is 0 Å². The summed E-state index contributed by atoms with van der Waals surface area (Å²) in [5.74, 6) is 0.304. The molecule has 2 rings (SSSR count). The van der Waals surface area contributed by atoms with Crippen LogP contribution in [0.25, 0.3) is 0 Å². The molecule has 0 bridgehead atoms. The van der Waals surface area contributed by atoms with Crippen LogP contribution in [0.1, 0.15) is 40.0 Å². The number of carbonyl (C=O) groups is 1. The van der Waals surface area contributed by atoms with Crippen molar-refractivity contribution in [2.24, 2.45) is 5.41 Å². The predicted molar refractivity (Wildman–Crippen MR) is 60.6 cm³/mol. The quantitative estimate of drug-likeness (QED) is 0.709. The van der Waals surface area contributed by atoms with Gasteiger partial charge < -0.3 is 10.2 Å². The van der Waals surface area contributed by atoms with Crippen LogP contribution in [0.3, 0.4) is 0 Å². The van der Waals surface area contributed by atoms with Crippen LogP contribution < -0.4 is 5.32 Å². The summed E-state index contributed by atoms with van der Waals surface area (Å²) in [4.78, 5) is 14.4. The Morgan fingerprint density at radius 3 is 2.40 bits per heavy atom. The molecule has 2 aliphatic heterocycles. The van der Waals surface area contributed by atoms with E-state index in [9.17, 15) is 4.79 Å². The van der Waals surface area contributed by atoms with Gasteiger partial charge in [-0.1, -0.05) is 0 Å². The third kappa shape index (κ3) is 1.89. The number of amides is 1. The lowest BCUT2D eigenvalue weighted by Crippen LogP contribution is -2.46. The van der Waals surface area contributed by atoms with Gasteiger partial charge in [-0.25, -0.2) is 0 Å². The fourth-order valence-electron chi connectivity index (χ4n) is 3.01. The SMILES string of the molecule is CC(C)N1CCC2(CC1)C[C@H](C)NC2=O. The van der Waals surface area contributed by atoms with Gasteiger partial charge in [0, 0.05) is 12.1 Å². The van der Waals surface area contributed by atoms with E-state index in [-0.39, 0.29) is 5.41 Å². The zero-order valence-corrected chi connectivity index (χ0v) is 10.0. The Hall–Kier alpha value is -0.570. The van der Waals surface area contributed by atoms with Gasteiger partial charge in [0.05, 0.1) is 5.41 Å². The van der Waals surface area contributed by atoms with Crippen LogP contribution in [0.15, 0.2) is 0 Å². The molecule has 0 aromatic heterocycles. The normalized spacial score (nSPS) is 31.2. The third-order valence-corrected chi connectivity index (χ3v) is 4.04. The van der Waals surface area contributed by atoms with Crippen molar-refractivity contribution in [2.45, 2.75) is 52.1 Å². The molecule has 0 aromatic carbocycles. The minimum absolute atomic E-state index is 0.0230. The highest BCUT2D eigenvalue weighted by Gasteiger charge is 2.46. The van der Waals surface area contributed by atoms with Gasteiger partial charge in [0.25, 0.3) is 0 Å². The molecular formula is C12H22N2O. The molecule has 1 N–H and O–H groups in total. The summed E-state index contributed by atoms with van der Waals surface area (Å²) >= 11 is 0. The highest BCUT2D eigenvalue weighted by molar-refractivity contribution is 5.85. The fourth-order valence-corrected chi connectivity index (χ4v) is 3.01. The van der Waals surface area contributed by atoms with Crippen molar-refractivity contribution in [1.82, 2.24) is 10.2 Å². The van der Waals surface area contributed by atoms with Crippen molar-refractivity contribution >= 4 is 5.91 Å². The Morgan fingerprint density at radius 1 is 1.40 bits per heavy atom. The van der Waals surface area contributed by atoms with E-state index >= 15 is 0 Å². The molecule has 0 unspecified atom stereocenters. The Bertz CT molecular complexity index is 254. The van der Waals surface area contributed by atoms with Gasteiger partial charge in [-0.3, -0.25) is 4.79 Å². The van der Waals surface area contributed by atoms with Gasteiger partial charge in [0.1, 0.15) is 0 Å². The van der Waals surface area contributed by atoms with Crippen LogP contribution in [-0.2, 0) is 4.79 Å². The molecular weight excluding hydrogens is 188 g/mol. The zero-order valence-electron chi connectivity index (χ0n) is 10.0. The monoisotopic (exact) mass is 210 g/mol. The second-order valence-corrected chi connectivity index (χ2v) is 5.49. The summed E-state index contributed by atoms with van der Waals surface area (Å²) in [7, 11) is 0. The highest BCUT2D eigenvalue weighted by atomic mass is 16.2. The van der Waals surface area contributed by atoms with Crippen LogP contribution in [0.5, 0.6) is 0 Å². The maximum atomic E-state index is 11.9. The minimum atomic E-state index is -0.0230. The first-order chi connectivity index (χ1) is 7.03. The molecule has 2 saturated heterocycles. The van der Waals surface area contributed by atoms with Gasteiger partial charge in [-0.05, 0) is 53.1 Å². The van der Waals surface area contributed by atoms with E-state index in [0.717, 1.165) is 32.4 Å². The number of rotatable bonds is 1. The van der Waals surface area contributed by atoms with E-state index in [4.69, 9.17) is 0 Å². The average molecular weight is 210 g/mol. The van der Waals surface area contributed by atoms with E-state index in [2.05, 4.69) is 31.0 Å². The molecule has 0 radical (unpaired) electrons. The Labute approximate surface area is 92.2 Å². The first kappa shape index (κ1) is 10.9. The number of hydrogen-bond donors (Lipinski definition) is 1. The van der Waals surface area contributed by atoms with Crippen LogP contribution in [-0.4, -0.2) is 36.0 Å². The molecule has 2 fully saturated rings. The van der Waals surface area contributed by atoms with Crippen molar-refractivity contribution in [2.75, 3.05) is 13.1 Å². The van der Waals surface area contributed by atoms with Crippen LogP contribution in [0.2, 0.25) is 0 Å². The summed E-state index contributed by atoms with van der Waals surface area (Å²) in [6, 6.07) is 0.993. The Morgan fingerprint density at radius 2 is 2.00 bits per heavy atom. The second-order valence-electron chi connectivity index (χ2n) is 5.49. The van der Waals surface area contributed by atoms with Crippen molar-refractivity contribution in [3.05, 3.63) is 0 Å². The van der Waals surface area contributed by atoms with Gasteiger partial charge >= 0.3 is 0 Å². The number of piperidine rings is 1. The lowest BCUT2D eigenvalue weighted by Gasteiger charge is -2.39. The van der Waals surface area contributed by atoms with Gasteiger partial charge in [0.15, 0.2) is 0 Å². The molecule has 0 aromatic rings. The van der Waals surface area contributed by atoms with Crippen LogP contribution in [0, 0.1) is 5.41 Å². The number of nitrogens with one attached hydrogen (secondary N) is 1. The summed E-state index contributed by atoms with van der Waals surface area (Å²) in [6.45, 7) is 8.74. The first-order valence-electron chi connectivity index (χ1n) is 6.08. The van der Waals surface area contributed by atoms with E-state index in [1.54, 1.807) is 0 Å². The van der Waals surface area contributed by atoms with Crippen LogP contribution >= 0.6 is 0 Å². The molecule has 3 heteroatoms. The number of hydrogen-bond acceptors (Lipinski definition) is 2. The summed E-state index contributed by atoms with van der Waals surface area (Å²) in [6.07, 6.45) is 3.13. The second kappa shape index (κ2) is 3.78. The summed E-state index contributed by atoms with van der Waals surface area (Å²) < 4.78 is 0. The molecule has 2 heterocycles. The molecule has 1 atom stereocenters. The predicted octanol–water partition coefficient (Wildman–Crippen LogP) is 1.39. The lowest BCUT2D eigenvalue weighted by atomic mass is 9.76. The van der Waals surface area contributed by atoms with E-state index in [1.807, 2.05) is 0 Å². The maximum Gasteiger partial charge on any atom is 0.226 e. The topological polar surface area (TPSA) is 32.3 Å². The van der Waals surface area contributed by atoms with Gasteiger partial charge in [-0.15, -0.1) is 0 Å². The molecule has 1 spiro atoms. The van der Waals surface area contributed by atoms with Crippen LogP contribution in [0.4, 0.5) is 0 Å². The molecule has 0 saturated carbocycles. The Balaban J connectivity index is 2.00. The number of nitrogens with zero attached hydrogens (tertiary/aromatic N) is 1. The van der Waals surface area contributed by atoms with Crippen molar-refractivity contribution in [3.63, 3.8) is 0 Å². The minimum Gasteiger partial charge on any atom is -0.353 e. The van der Waals surface area contributed by atoms with Crippen molar-refractivity contribution in [3.8, 4) is 0 Å². The van der Waals surface area contributed by atoms with Crippen molar-refractivity contribution < 1.29 is 4.79 Å². The smallest absolute Gasteiger partial charge is 0.226 e. The Kier molecular flexibility index (Phi) is 2.75. The average Bonchev–Trinajstić information content (AvgIpc) is 2.42. The number of likely N-dealkylation sites (tertiary alicyclic amines) is 1. The third-order valence-electron chi connectivity index (χ3n) is 4.04. The van der Waals surface area contributed by atoms with Crippen molar-refractivity contribution in [1.29, 1.82) is 0 Å². The summed E-state index contributed by atoms with van der Waals surface area (Å²) in [5, 5.41) is 3.06. The van der Waals surface area contributed by atoms with Gasteiger partial charge in [-0.2, -0.15) is 0 Å². The number of carbonyl (C=O) groups excluding carboxylic acids is 1. The standard InChI is InChI=1S/C12H22N2O/c1-9(2)14-6-4-12(5-7-14)8-10(3)13-11(12)15/h9-10H,4-8H2,1-3H3,(H,13,15)/t10-/m0/s1. The molecule has 1 amide bonds. The first-order valence-corrected chi connectivity index (χ1v) is 6.08. The van der Waals surface area contributed by atoms with E-state index in [0.29, 0.717) is 18.0 Å². The zero-order chi connectivity index (χ0) is 11.1. The van der Waals surface area contributed by atoms with Gasteiger partial charge in [0.2, 0.25) is 5.91 Å². The molecule has 0 aliphatic carbocycles. The lowest BCUT2D eigenvalue weighted by molar-refractivity contribution is -0.130. The molecule has 86 valence electrons. The largest absolute Gasteiger partial charge is 0.353 e. The fraction of sp³-hybridized carbons (Fsp3) is 0.917.